The van der Waals surface area contributed by atoms with Gasteiger partial charge in [-0.3, -0.25) is 0 Å². The lowest BCUT2D eigenvalue weighted by atomic mass is 9.44. The Morgan fingerprint density at radius 2 is 2.00 bits per heavy atom. The Bertz CT molecular complexity index is 644. The maximum absolute atomic E-state index is 6.58. The monoisotopic (exact) mass is 300 g/mol. The van der Waals surface area contributed by atoms with Crippen molar-refractivity contribution in [2.75, 3.05) is 14.2 Å². The second-order valence-corrected chi connectivity index (χ2v) is 7.48. The lowest BCUT2D eigenvalue weighted by Crippen LogP contribution is -2.63. The minimum atomic E-state index is -0.150. The Balaban J connectivity index is 1.76. The van der Waals surface area contributed by atoms with E-state index in [0.717, 1.165) is 35.2 Å². The van der Waals surface area contributed by atoms with Crippen LogP contribution in [-0.2, 0) is 0 Å². The van der Waals surface area contributed by atoms with Crippen LogP contribution in [0.25, 0.3) is 6.08 Å². The van der Waals surface area contributed by atoms with E-state index in [9.17, 15) is 0 Å². The fourth-order valence-electron chi connectivity index (χ4n) is 4.81. The van der Waals surface area contributed by atoms with E-state index in [1.54, 1.807) is 14.2 Å². The van der Waals surface area contributed by atoms with Crippen LogP contribution in [0.1, 0.15) is 38.7 Å². The zero-order valence-corrected chi connectivity index (χ0v) is 13.8. The van der Waals surface area contributed by atoms with Crippen LogP contribution in [0, 0.1) is 17.3 Å². The number of hydrogen-bond donors (Lipinski definition) is 0. The molecule has 3 saturated carbocycles. The van der Waals surface area contributed by atoms with Crippen LogP contribution >= 0.6 is 0 Å². The van der Waals surface area contributed by atoms with Gasteiger partial charge in [-0.15, -0.1) is 0 Å². The van der Waals surface area contributed by atoms with Crippen LogP contribution in [-0.4, -0.2) is 19.8 Å². The summed E-state index contributed by atoms with van der Waals surface area (Å²) < 4.78 is 17.5. The lowest BCUT2D eigenvalue weighted by Gasteiger charge is -2.64. The fourth-order valence-corrected chi connectivity index (χ4v) is 4.81. The van der Waals surface area contributed by atoms with Crippen molar-refractivity contribution < 1.29 is 14.2 Å². The Labute approximate surface area is 132 Å². The first-order valence-electron chi connectivity index (χ1n) is 8.14. The standard InChI is InChI=1S/C19H24O3/c1-18(2)12-5-7-19(17(18)9-12)8-6-14-15(21-4)10-13(20-3)11-16(14)22-19/h6,8,10-12,17H,5,7,9H2,1-4H3/t12-,17+,19+/m0/s1. The maximum Gasteiger partial charge on any atom is 0.135 e. The average molecular weight is 300 g/mol. The third-order valence-corrected chi connectivity index (χ3v) is 6.31. The van der Waals surface area contributed by atoms with Gasteiger partial charge in [0.1, 0.15) is 22.8 Å². The first-order chi connectivity index (χ1) is 10.5. The molecule has 0 aromatic heterocycles. The molecule has 3 heteroatoms. The molecule has 0 saturated heterocycles. The molecule has 1 heterocycles. The summed E-state index contributed by atoms with van der Waals surface area (Å²) in [6, 6.07) is 3.90. The minimum Gasteiger partial charge on any atom is -0.496 e. The SMILES string of the molecule is COc1cc(OC)c2c(c1)O[C@@]1(C=C2)CC[C@H]2C[C@@H]1C2(C)C. The summed E-state index contributed by atoms with van der Waals surface area (Å²) in [5.74, 6) is 3.94. The molecule has 3 fully saturated rings. The van der Waals surface area contributed by atoms with Gasteiger partial charge in [0.25, 0.3) is 0 Å². The van der Waals surface area contributed by atoms with Crippen LogP contribution in [0.4, 0.5) is 0 Å². The molecular formula is C19H24O3. The van der Waals surface area contributed by atoms with E-state index in [1.165, 1.54) is 12.8 Å². The largest absolute Gasteiger partial charge is 0.496 e. The fraction of sp³-hybridized carbons (Fsp3) is 0.579. The van der Waals surface area contributed by atoms with Crippen LogP contribution in [0.5, 0.6) is 17.2 Å². The summed E-state index contributed by atoms with van der Waals surface area (Å²) >= 11 is 0. The highest BCUT2D eigenvalue weighted by molar-refractivity contribution is 5.69. The second-order valence-electron chi connectivity index (χ2n) is 7.48. The number of hydrogen-bond acceptors (Lipinski definition) is 3. The molecule has 1 aliphatic heterocycles. The summed E-state index contributed by atoms with van der Waals surface area (Å²) in [6.45, 7) is 4.79. The highest BCUT2D eigenvalue weighted by Crippen LogP contribution is 2.65. The van der Waals surface area contributed by atoms with Gasteiger partial charge in [-0.1, -0.05) is 13.8 Å². The average Bonchev–Trinajstić information content (AvgIpc) is 2.53. The van der Waals surface area contributed by atoms with Gasteiger partial charge in [-0.25, -0.2) is 0 Å². The third-order valence-electron chi connectivity index (χ3n) is 6.31. The van der Waals surface area contributed by atoms with Crippen LogP contribution in [0.15, 0.2) is 18.2 Å². The number of benzene rings is 1. The van der Waals surface area contributed by atoms with E-state index >= 15 is 0 Å². The van der Waals surface area contributed by atoms with E-state index in [-0.39, 0.29) is 5.60 Å². The van der Waals surface area contributed by atoms with E-state index < -0.39 is 0 Å². The van der Waals surface area contributed by atoms with Gasteiger partial charge in [-0.05, 0) is 42.7 Å². The summed E-state index contributed by atoms with van der Waals surface area (Å²) in [6.07, 6.45) is 8.12. The van der Waals surface area contributed by atoms with E-state index in [0.29, 0.717) is 11.3 Å². The molecule has 3 aliphatic carbocycles. The first kappa shape index (κ1) is 14.0. The smallest absolute Gasteiger partial charge is 0.135 e. The maximum atomic E-state index is 6.58. The van der Waals surface area contributed by atoms with Gasteiger partial charge < -0.3 is 14.2 Å². The van der Waals surface area contributed by atoms with Crippen molar-refractivity contribution >= 4 is 6.08 Å². The third kappa shape index (κ3) is 1.68. The van der Waals surface area contributed by atoms with Crippen molar-refractivity contribution in [3.8, 4) is 17.2 Å². The zero-order chi connectivity index (χ0) is 15.5. The van der Waals surface area contributed by atoms with Crippen LogP contribution in [0.2, 0.25) is 0 Å². The Morgan fingerprint density at radius 3 is 2.64 bits per heavy atom. The zero-order valence-electron chi connectivity index (χ0n) is 13.8. The summed E-state index contributed by atoms with van der Waals surface area (Å²) in [5.41, 5.74) is 1.25. The summed E-state index contributed by atoms with van der Waals surface area (Å²) in [4.78, 5) is 0. The second kappa shape index (κ2) is 4.43. The highest BCUT2D eigenvalue weighted by atomic mass is 16.5. The Kier molecular flexibility index (Phi) is 2.82. The van der Waals surface area contributed by atoms with E-state index in [2.05, 4.69) is 26.0 Å². The van der Waals surface area contributed by atoms with Crippen molar-refractivity contribution in [3.05, 3.63) is 23.8 Å². The van der Waals surface area contributed by atoms with Crippen molar-refractivity contribution in [1.29, 1.82) is 0 Å². The number of rotatable bonds is 2. The van der Waals surface area contributed by atoms with Gasteiger partial charge in [0, 0.05) is 18.1 Å². The topological polar surface area (TPSA) is 27.7 Å². The first-order valence-corrected chi connectivity index (χ1v) is 8.14. The highest BCUT2D eigenvalue weighted by Gasteiger charge is 2.62. The van der Waals surface area contributed by atoms with Crippen molar-refractivity contribution in [1.82, 2.24) is 0 Å². The minimum absolute atomic E-state index is 0.150. The molecule has 1 spiro atoms. The lowest BCUT2D eigenvalue weighted by molar-refractivity contribution is -0.167. The van der Waals surface area contributed by atoms with Crippen LogP contribution < -0.4 is 14.2 Å². The van der Waals surface area contributed by atoms with E-state index in [1.807, 2.05) is 12.1 Å². The predicted molar refractivity (Wildman–Crippen MR) is 86.6 cm³/mol. The van der Waals surface area contributed by atoms with Crippen molar-refractivity contribution in [2.24, 2.45) is 17.3 Å². The molecule has 0 unspecified atom stereocenters. The quantitative estimate of drug-likeness (QED) is 0.815. The molecule has 3 atom stereocenters. The summed E-state index contributed by atoms with van der Waals surface area (Å²) in [5, 5.41) is 0. The molecule has 5 rings (SSSR count). The molecule has 0 radical (unpaired) electrons. The van der Waals surface area contributed by atoms with Gasteiger partial charge in [-0.2, -0.15) is 0 Å². The van der Waals surface area contributed by atoms with Gasteiger partial charge in [0.15, 0.2) is 0 Å². The van der Waals surface area contributed by atoms with Crippen molar-refractivity contribution in [2.45, 2.75) is 38.7 Å². The van der Waals surface area contributed by atoms with Gasteiger partial charge >= 0.3 is 0 Å². The van der Waals surface area contributed by atoms with Gasteiger partial charge in [0.2, 0.25) is 0 Å². The molecule has 2 bridgehead atoms. The van der Waals surface area contributed by atoms with E-state index in [4.69, 9.17) is 14.2 Å². The number of ether oxygens (including phenoxy) is 3. The summed E-state index contributed by atoms with van der Waals surface area (Å²) in [7, 11) is 3.36. The molecule has 22 heavy (non-hydrogen) atoms. The molecule has 3 nitrogen and oxygen atoms in total. The number of methoxy groups -OCH3 is 2. The molecule has 1 aromatic carbocycles. The van der Waals surface area contributed by atoms with Crippen molar-refractivity contribution in [3.63, 3.8) is 0 Å². The van der Waals surface area contributed by atoms with Crippen LogP contribution in [0.3, 0.4) is 0 Å². The normalized spacial score (nSPS) is 33.6. The molecule has 4 aliphatic rings. The Morgan fingerprint density at radius 1 is 1.18 bits per heavy atom. The number of fused-ring (bicyclic) bond motifs is 2. The molecule has 1 aromatic rings. The molecular weight excluding hydrogens is 276 g/mol. The molecule has 0 N–H and O–H groups in total. The molecule has 118 valence electrons. The molecule has 0 amide bonds. The Hall–Kier alpha value is -1.64. The van der Waals surface area contributed by atoms with Gasteiger partial charge in [0.05, 0.1) is 19.8 Å². The predicted octanol–water partition coefficient (Wildman–Crippen LogP) is 4.30.